The van der Waals surface area contributed by atoms with Crippen LogP contribution in [0.2, 0.25) is 0 Å². The highest BCUT2D eigenvalue weighted by Crippen LogP contribution is 2.16. The van der Waals surface area contributed by atoms with E-state index in [0.29, 0.717) is 0 Å². The van der Waals surface area contributed by atoms with E-state index in [9.17, 15) is 0 Å². The van der Waals surface area contributed by atoms with Crippen LogP contribution < -0.4 is 5.73 Å². The molecule has 0 amide bonds. The minimum Gasteiger partial charge on any atom is -0.330 e. The highest BCUT2D eigenvalue weighted by Gasteiger charge is 2.23. The second kappa shape index (κ2) is 11.5. The van der Waals surface area contributed by atoms with Crippen LogP contribution in [0.5, 0.6) is 0 Å². The SMILES string of the molecule is CN(C)[C@H]1CCN(Cc2ccc(CCN)cc2)C1.Cl.Cl.Cl. The zero-order valence-corrected chi connectivity index (χ0v) is 15.3. The van der Waals surface area contributed by atoms with Crippen LogP contribution in [0.1, 0.15) is 17.5 Å². The molecule has 124 valence electrons. The van der Waals surface area contributed by atoms with Gasteiger partial charge >= 0.3 is 0 Å². The summed E-state index contributed by atoms with van der Waals surface area (Å²) in [5.74, 6) is 0. The second-order valence-corrected chi connectivity index (χ2v) is 5.50. The number of likely N-dealkylation sites (N-methyl/N-ethyl adjacent to an activating group) is 1. The van der Waals surface area contributed by atoms with Crippen molar-refractivity contribution >= 4 is 37.2 Å². The van der Waals surface area contributed by atoms with Gasteiger partial charge in [-0.2, -0.15) is 0 Å². The molecule has 3 nitrogen and oxygen atoms in total. The Morgan fingerprint density at radius 1 is 1.10 bits per heavy atom. The summed E-state index contributed by atoms with van der Waals surface area (Å²) in [5.41, 5.74) is 8.32. The molecule has 1 heterocycles. The molecule has 6 heteroatoms. The van der Waals surface area contributed by atoms with E-state index >= 15 is 0 Å². The smallest absolute Gasteiger partial charge is 0.0234 e. The Bertz CT molecular complexity index is 371. The van der Waals surface area contributed by atoms with Crippen molar-refractivity contribution in [1.29, 1.82) is 0 Å². The van der Waals surface area contributed by atoms with Crippen molar-refractivity contribution in [3.8, 4) is 0 Å². The third-order valence-electron chi connectivity index (χ3n) is 3.84. The fourth-order valence-corrected chi connectivity index (χ4v) is 2.61. The number of likely N-dealkylation sites (tertiary alicyclic amines) is 1. The van der Waals surface area contributed by atoms with E-state index in [2.05, 4.69) is 48.2 Å². The quantitative estimate of drug-likeness (QED) is 0.880. The minimum atomic E-state index is 0. The van der Waals surface area contributed by atoms with Crippen LogP contribution in [0.25, 0.3) is 0 Å². The number of benzene rings is 1. The molecular formula is C15H28Cl3N3. The molecule has 1 aliphatic heterocycles. The van der Waals surface area contributed by atoms with E-state index in [4.69, 9.17) is 5.73 Å². The molecule has 1 aromatic carbocycles. The predicted molar refractivity (Wildman–Crippen MR) is 98.3 cm³/mol. The maximum Gasteiger partial charge on any atom is 0.0234 e. The van der Waals surface area contributed by atoms with Crippen molar-refractivity contribution in [2.45, 2.75) is 25.4 Å². The zero-order valence-electron chi connectivity index (χ0n) is 12.8. The van der Waals surface area contributed by atoms with E-state index in [0.717, 1.165) is 25.6 Å². The number of rotatable bonds is 5. The van der Waals surface area contributed by atoms with Crippen molar-refractivity contribution in [2.75, 3.05) is 33.7 Å². The van der Waals surface area contributed by atoms with Crippen molar-refractivity contribution in [3.63, 3.8) is 0 Å². The molecule has 2 rings (SSSR count). The van der Waals surface area contributed by atoms with E-state index in [-0.39, 0.29) is 37.2 Å². The summed E-state index contributed by atoms with van der Waals surface area (Å²) in [6.07, 6.45) is 2.27. The van der Waals surface area contributed by atoms with Gasteiger partial charge in [0.1, 0.15) is 0 Å². The summed E-state index contributed by atoms with van der Waals surface area (Å²) in [7, 11) is 4.35. The molecule has 0 spiro atoms. The minimum absolute atomic E-state index is 0. The molecule has 1 fully saturated rings. The molecule has 1 aromatic rings. The predicted octanol–water partition coefficient (Wildman–Crippen LogP) is 2.59. The summed E-state index contributed by atoms with van der Waals surface area (Å²) in [6, 6.07) is 9.63. The topological polar surface area (TPSA) is 32.5 Å². The summed E-state index contributed by atoms with van der Waals surface area (Å²) in [4.78, 5) is 4.88. The molecule has 2 N–H and O–H groups in total. The monoisotopic (exact) mass is 355 g/mol. The first kappa shape index (κ1) is 23.2. The first-order chi connectivity index (χ1) is 8.69. The van der Waals surface area contributed by atoms with Crippen LogP contribution >= 0.6 is 37.2 Å². The number of hydrogen-bond donors (Lipinski definition) is 1. The number of hydrogen-bond acceptors (Lipinski definition) is 3. The third-order valence-corrected chi connectivity index (χ3v) is 3.84. The maximum atomic E-state index is 5.56. The maximum absolute atomic E-state index is 5.56. The molecule has 1 atom stereocenters. The fourth-order valence-electron chi connectivity index (χ4n) is 2.61. The van der Waals surface area contributed by atoms with Gasteiger partial charge in [-0.05, 0) is 44.6 Å². The van der Waals surface area contributed by atoms with Gasteiger partial charge in [-0.25, -0.2) is 0 Å². The molecule has 0 radical (unpaired) electrons. The van der Waals surface area contributed by atoms with Crippen molar-refractivity contribution in [1.82, 2.24) is 9.80 Å². The average molecular weight is 357 g/mol. The molecule has 21 heavy (non-hydrogen) atoms. The van der Waals surface area contributed by atoms with Gasteiger partial charge in [0.05, 0.1) is 0 Å². The van der Waals surface area contributed by atoms with Crippen LogP contribution in [0, 0.1) is 0 Å². The highest BCUT2D eigenvalue weighted by molar-refractivity contribution is 5.86. The lowest BCUT2D eigenvalue weighted by Crippen LogP contribution is -2.31. The Morgan fingerprint density at radius 2 is 1.67 bits per heavy atom. The van der Waals surface area contributed by atoms with E-state index < -0.39 is 0 Å². The highest BCUT2D eigenvalue weighted by atomic mass is 35.5. The Hall–Kier alpha value is -0.0300. The Morgan fingerprint density at radius 3 is 2.14 bits per heavy atom. The van der Waals surface area contributed by atoms with Gasteiger partial charge in [-0.3, -0.25) is 4.90 Å². The first-order valence-electron chi connectivity index (χ1n) is 6.85. The second-order valence-electron chi connectivity index (χ2n) is 5.50. The van der Waals surface area contributed by atoms with Gasteiger partial charge in [0.2, 0.25) is 0 Å². The molecule has 0 bridgehead atoms. The molecule has 0 aliphatic carbocycles. The van der Waals surface area contributed by atoms with Crippen LogP contribution in [0.3, 0.4) is 0 Å². The van der Waals surface area contributed by atoms with Gasteiger partial charge < -0.3 is 10.6 Å². The molecule has 1 aliphatic rings. The normalized spacial score (nSPS) is 17.8. The van der Waals surface area contributed by atoms with Gasteiger partial charge in [-0.1, -0.05) is 24.3 Å². The summed E-state index contributed by atoms with van der Waals surface area (Å²) in [5, 5.41) is 0. The van der Waals surface area contributed by atoms with Crippen LogP contribution in [0.4, 0.5) is 0 Å². The van der Waals surface area contributed by atoms with Crippen LogP contribution in [-0.4, -0.2) is 49.6 Å². The van der Waals surface area contributed by atoms with Gasteiger partial charge in [-0.15, -0.1) is 37.2 Å². The standard InChI is InChI=1S/C15H25N3.3ClH/c1-17(2)15-8-10-18(12-15)11-14-5-3-13(4-6-14)7-9-16;;;/h3-6,15H,7-12,16H2,1-2H3;3*1H/t15-;;;/m0.../s1. The van der Waals surface area contributed by atoms with Crippen molar-refractivity contribution in [3.05, 3.63) is 35.4 Å². The molecule has 0 unspecified atom stereocenters. The van der Waals surface area contributed by atoms with E-state index in [1.807, 2.05) is 0 Å². The summed E-state index contributed by atoms with van der Waals surface area (Å²) in [6.45, 7) is 4.22. The molecule has 0 saturated carbocycles. The fraction of sp³-hybridized carbons (Fsp3) is 0.600. The van der Waals surface area contributed by atoms with Crippen LogP contribution in [0.15, 0.2) is 24.3 Å². The number of halogens is 3. The lowest BCUT2D eigenvalue weighted by molar-refractivity contribution is 0.264. The number of nitrogens with two attached hydrogens (primary N) is 1. The largest absolute Gasteiger partial charge is 0.330 e. The zero-order chi connectivity index (χ0) is 13.0. The van der Waals surface area contributed by atoms with E-state index in [1.54, 1.807) is 0 Å². The summed E-state index contributed by atoms with van der Waals surface area (Å²) < 4.78 is 0. The molecular weight excluding hydrogens is 329 g/mol. The average Bonchev–Trinajstić information content (AvgIpc) is 2.81. The van der Waals surface area contributed by atoms with Crippen molar-refractivity contribution in [2.24, 2.45) is 5.73 Å². The lowest BCUT2D eigenvalue weighted by atomic mass is 10.1. The van der Waals surface area contributed by atoms with Crippen molar-refractivity contribution < 1.29 is 0 Å². The van der Waals surface area contributed by atoms with Gasteiger partial charge in [0.15, 0.2) is 0 Å². The third kappa shape index (κ3) is 7.18. The van der Waals surface area contributed by atoms with Gasteiger partial charge in [0, 0.05) is 25.7 Å². The molecule has 0 aromatic heterocycles. The van der Waals surface area contributed by atoms with Crippen LogP contribution in [-0.2, 0) is 13.0 Å². The lowest BCUT2D eigenvalue weighted by Gasteiger charge is -2.20. The Labute approximate surface area is 147 Å². The first-order valence-corrected chi connectivity index (χ1v) is 6.85. The molecule has 1 saturated heterocycles. The Balaban J connectivity index is 0. The van der Waals surface area contributed by atoms with E-state index in [1.165, 1.54) is 30.6 Å². The van der Waals surface area contributed by atoms with Gasteiger partial charge in [0.25, 0.3) is 0 Å². The Kier molecular flexibility index (Phi) is 12.8. The summed E-state index contributed by atoms with van der Waals surface area (Å²) >= 11 is 0. The number of nitrogens with zero attached hydrogens (tertiary/aromatic N) is 2.